The molecule has 0 saturated heterocycles. The SMILES string of the molecule is N/N=C(\C(N)=NC=O)c1ccccc1. The van der Waals surface area contributed by atoms with Gasteiger partial charge in [0.1, 0.15) is 5.71 Å². The van der Waals surface area contributed by atoms with Gasteiger partial charge < -0.3 is 11.6 Å². The molecule has 4 N–H and O–H groups in total. The van der Waals surface area contributed by atoms with Crippen molar-refractivity contribution in [3.8, 4) is 0 Å². The largest absolute Gasteiger partial charge is 0.382 e. The number of nitrogens with zero attached hydrogens (tertiary/aromatic N) is 2. The van der Waals surface area contributed by atoms with Gasteiger partial charge in [-0.05, 0) is 0 Å². The first-order valence-electron chi connectivity index (χ1n) is 3.90. The summed E-state index contributed by atoms with van der Waals surface area (Å²) in [6.07, 6.45) is 0.351. The van der Waals surface area contributed by atoms with Crippen LogP contribution in [0.25, 0.3) is 0 Å². The van der Waals surface area contributed by atoms with Crippen LogP contribution in [0.4, 0.5) is 0 Å². The lowest BCUT2D eigenvalue weighted by Crippen LogP contribution is -2.26. The number of rotatable bonds is 3. The van der Waals surface area contributed by atoms with E-state index in [1.807, 2.05) is 18.2 Å². The number of hydrazone groups is 1. The number of hydrogen-bond acceptors (Lipinski definition) is 3. The first-order valence-corrected chi connectivity index (χ1v) is 3.90. The van der Waals surface area contributed by atoms with Crippen LogP contribution < -0.4 is 11.6 Å². The van der Waals surface area contributed by atoms with Crippen molar-refractivity contribution in [2.75, 3.05) is 0 Å². The van der Waals surface area contributed by atoms with E-state index in [0.29, 0.717) is 12.1 Å². The van der Waals surface area contributed by atoms with Crippen LogP contribution in [0.3, 0.4) is 0 Å². The molecule has 0 spiro atoms. The highest BCUT2D eigenvalue weighted by Crippen LogP contribution is 2.00. The molecule has 14 heavy (non-hydrogen) atoms. The molecule has 1 rings (SSSR count). The second-order valence-corrected chi connectivity index (χ2v) is 2.46. The van der Waals surface area contributed by atoms with E-state index in [9.17, 15) is 4.79 Å². The van der Waals surface area contributed by atoms with Crippen LogP contribution in [-0.2, 0) is 4.79 Å². The Bertz CT molecular complexity index is 370. The molecule has 5 heteroatoms. The summed E-state index contributed by atoms with van der Waals surface area (Å²) in [6.45, 7) is 0. The zero-order chi connectivity index (χ0) is 10.4. The Balaban J connectivity index is 3.07. The molecule has 5 nitrogen and oxygen atoms in total. The van der Waals surface area contributed by atoms with Gasteiger partial charge in [-0.25, -0.2) is 0 Å². The molecule has 0 bridgehead atoms. The third kappa shape index (κ3) is 2.16. The Morgan fingerprint density at radius 1 is 1.29 bits per heavy atom. The van der Waals surface area contributed by atoms with Crippen molar-refractivity contribution in [1.29, 1.82) is 0 Å². The Morgan fingerprint density at radius 3 is 2.43 bits per heavy atom. The summed E-state index contributed by atoms with van der Waals surface area (Å²) >= 11 is 0. The summed E-state index contributed by atoms with van der Waals surface area (Å²) in [5.74, 6) is 5.16. The molecule has 0 aliphatic heterocycles. The number of benzene rings is 1. The van der Waals surface area contributed by atoms with Gasteiger partial charge in [-0.1, -0.05) is 30.3 Å². The van der Waals surface area contributed by atoms with Gasteiger partial charge in [0, 0.05) is 5.56 Å². The summed E-state index contributed by atoms with van der Waals surface area (Å²) in [7, 11) is 0. The lowest BCUT2D eigenvalue weighted by Gasteiger charge is -2.02. The van der Waals surface area contributed by atoms with E-state index in [0.717, 1.165) is 5.56 Å². The maximum Gasteiger partial charge on any atom is 0.234 e. The smallest absolute Gasteiger partial charge is 0.234 e. The summed E-state index contributed by atoms with van der Waals surface area (Å²) in [5.41, 5.74) is 6.50. The van der Waals surface area contributed by atoms with Crippen LogP contribution in [0.2, 0.25) is 0 Å². The first kappa shape index (κ1) is 9.91. The molecule has 1 amide bonds. The highest BCUT2D eigenvalue weighted by atomic mass is 16.1. The van der Waals surface area contributed by atoms with Crippen molar-refractivity contribution in [2.45, 2.75) is 0 Å². The number of aliphatic imine (C=N–C) groups is 1. The summed E-state index contributed by atoms with van der Waals surface area (Å²) < 4.78 is 0. The van der Waals surface area contributed by atoms with E-state index in [1.54, 1.807) is 12.1 Å². The fraction of sp³-hybridized carbons (Fsp3) is 0. The number of carbonyl (C=O) groups excluding carboxylic acids is 1. The number of amides is 1. The monoisotopic (exact) mass is 190 g/mol. The van der Waals surface area contributed by atoms with Crippen LogP contribution in [-0.4, -0.2) is 18.0 Å². The van der Waals surface area contributed by atoms with Gasteiger partial charge in [0.15, 0.2) is 5.84 Å². The second-order valence-electron chi connectivity index (χ2n) is 2.46. The predicted octanol–water partition coefficient (Wildman–Crippen LogP) is -0.137. The van der Waals surface area contributed by atoms with Crippen molar-refractivity contribution < 1.29 is 4.79 Å². The fourth-order valence-corrected chi connectivity index (χ4v) is 1.00. The van der Waals surface area contributed by atoms with E-state index in [4.69, 9.17) is 11.6 Å². The molecule has 0 unspecified atom stereocenters. The van der Waals surface area contributed by atoms with Gasteiger partial charge in [-0.3, -0.25) is 4.79 Å². The van der Waals surface area contributed by atoms with E-state index < -0.39 is 0 Å². The number of nitrogens with two attached hydrogens (primary N) is 2. The van der Waals surface area contributed by atoms with Crippen molar-refractivity contribution >= 4 is 18.0 Å². The minimum atomic E-state index is 0.00806. The van der Waals surface area contributed by atoms with E-state index in [-0.39, 0.29) is 5.84 Å². The van der Waals surface area contributed by atoms with Gasteiger partial charge in [0.25, 0.3) is 0 Å². The minimum absolute atomic E-state index is 0.00806. The van der Waals surface area contributed by atoms with Gasteiger partial charge in [0.05, 0.1) is 0 Å². The summed E-state index contributed by atoms with van der Waals surface area (Å²) in [5, 5.41) is 3.48. The van der Waals surface area contributed by atoms with Gasteiger partial charge in [0.2, 0.25) is 6.41 Å². The number of carbonyl (C=O) groups is 1. The van der Waals surface area contributed by atoms with Crippen LogP contribution in [0.5, 0.6) is 0 Å². The number of amidine groups is 1. The molecule has 0 aliphatic rings. The van der Waals surface area contributed by atoms with E-state index in [2.05, 4.69) is 10.1 Å². The van der Waals surface area contributed by atoms with Gasteiger partial charge >= 0.3 is 0 Å². The number of hydrogen-bond donors (Lipinski definition) is 2. The molecular weight excluding hydrogens is 180 g/mol. The average Bonchev–Trinajstić information content (AvgIpc) is 2.21. The molecule has 0 heterocycles. The zero-order valence-corrected chi connectivity index (χ0v) is 7.42. The van der Waals surface area contributed by atoms with Crippen molar-refractivity contribution in [3.05, 3.63) is 35.9 Å². The van der Waals surface area contributed by atoms with E-state index in [1.165, 1.54) is 0 Å². The normalized spacial score (nSPS) is 12.6. The second kappa shape index (κ2) is 4.76. The molecule has 0 aromatic heterocycles. The quantitative estimate of drug-likeness (QED) is 0.228. The standard InChI is InChI=1S/C9H10N4O/c10-9(12-6-14)8(13-11)7-4-2-1-3-5-7/h1-6H,11H2,(H2,10,12,14)/b13-8-. The van der Waals surface area contributed by atoms with Crippen LogP contribution in [0, 0.1) is 0 Å². The van der Waals surface area contributed by atoms with Crippen molar-refractivity contribution in [1.82, 2.24) is 0 Å². The lowest BCUT2D eigenvalue weighted by atomic mass is 10.1. The topological polar surface area (TPSA) is 93.8 Å². The van der Waals surface area contributed by atoms with Crippen LogP contribution in [0.1, 0.15) is 5.56 Å². The van der Waals surface area contributed by atoms with E-state index >= 15 is 0 Å². The molecule has 0 aliphatic carbocycles. The molecule has 0 saturated carbocycles. The Morgan fingerprint density at radius 2 is 1.93 bits per heavy atom. The molecule has 0 atom stereocenters. The average molecular weight is 190 g/mol. The summed E-state index contributed by atoms with van der Waals surface area (Å²) in [4.78, 5) is 13.5. The van der Waals surface area contributed by atoms with Gasteiger partial charge in [-0.15, -0.1) is 0 Å². The highest BCUT2D eigenvalue weighted by Gasteiger charge is 2.06. The first-order chi connectivity index (χ1) is 6.79. The molecule has 0 radical (unpaired) electrons. The third-order valence-electron chi connectivity index (χ3n) is 1.61. The predicted molar refractivity (Wildman–Crippen MR) is 54.9 cm³/mol. The Labute approximate surface area is 81.1 Å². The highest BCUT2D eigenvalue weighted by molar-refractivity contribution is 6.47. The van der Waals surface area contributed by atoms with Crippen molar-refractivity contribution in [2.24, 2.45) is 21.7 Å². The molecule has 0 fully saturated rings. The summed E-state index contributed by atoms with van der Waals surface area (Å²) in [6, 6.07) is 9.03. The van der Waals surface area contributed by atoms with Crippen LogP contribution in [0.15, 0.2) is 40.4 Å². The molecule has 1 aromatic rings. The Kier molecular flexibility index (Phi) is 3.37. The lowest BCUT2D eigenvalue weighted by molar-refractivity contribution is -0.106. The third-order valence-corrected chi connectivity index (χ3v) is 1.61. The Hall–Kier alpha value is -2.17. The van der Waals surface area contributed by atoms with Crippen LogP contribution >= 0.6 is 0 Å². The molecule has 1 aromatic carbocycles. The minimum Gasteiger partial charge on any atom is -0.382 e. The molecule has 72 valence electrons. The fourth-order valence-electron chi connectivity index (χ4n) is 1.00. The zero-order valence-electron chi connectivity index (χ0n) is 7.42. The van der Waals surface area contributed by atoms with Gasteiger partial charge in [-0.2, -0.15) is 10.1 Å². The maximum atomic E-state index is 10.1. The van der Waals surface area contributed by atoms with Crippen molar-refractivity contribution in [3.63, 3.8) is 0 Å². The molecular formula is C9H10N4O. The maximum absolute atomic E-state index is 10.1.